The Morgan fingerprint density at radius 2 is 2.04 bits per heavy atom. The molecule has 2 aliphatic heterocycles. The van der Waals surface area contributed by atoms with Crippen LogP contribution in [-0.2, 0) is 0 Å². The van der Waals surface area contributed by atoms with Gasteiger partial charge in [0.2, 0.25) is 6.79 Å². The fraction of sp³-hybridized carbons (Fsp3) is 0.588. The van der Waals surface area contributed by atoms with Gasteiger partial charge in [-0.2, -0.15) is 0 Å². The SMILES string of the molecule is CN=C(NCCOc1ccc2c(c1)OCO2)N1CCC(C)CC1.I. The lowest BCUT2D eigenvalue weighted by Gasteiger charge is -2.32. The van der Waals surface area contributed by atoms with E-state index in [1.807, 2.05) is 25.2 Å². The Morgan fingerprint density at radius 1 is 1.29 bits per heavy atom. The van der Waals surface area contributed by atoms with Crippen LogP contribution in [0, 0.1) is 5.92 Å². The zero-order chi connectivity index (χ0) is 16.1. The van der Waals surface area contributed by atoms with Crippen molar-refractivity contribution in [1.29, 1.82) is 0 Å². The molecule has 0 atom stereocenters. The number of rotatable bonds is 4. The van der Waals surface area contributed by atoms with Gasteiger partial charge in [0, 0.05) is 26.2 Å². The summed E-state index contributed by atoms with van der Waals surface area (Å²) in [7, 11) is 1.83. The molecule has 0 radical (unpaired) electrons. The average molecular weight is 447 g/mol. The van der Waals surface area contributed by atoms with Gasteiger partial charge in [-0.3, -0.25) is 4.99 Å². The Labute approximate surface area is 160 Å². The van der Waals surface area contributed by atoms with E-state index in [9.17, 15) is 0 Å². The summed E-state index contributed by atoms with van der Waals surface area (Å²) in [6.07, 6.45) is 2.46. The van der Waals surface area contributed by atoms with E-state index < -0.39 is 0 Å². The number of aliphatic imine (C=N–C) groups is 1. The molecule has 0 saturated carbocycles. The summed E-state index contributed by atoms with van der Waals surface area (Å²) in [5.74, 6) is 4.09. The van der Waals surface area contributed by atoms with E-state index in [4.69, 9.17) is 14.2 Å². The number of likely N-dealkylation sites (tertiary alicyclic amines) is 1. The molecule has 2 heterocycles. The van der Waals surface area contributed by atoms with Crippen molar-refractivity contribution in [2.75, 3.05) is 40.1 Å². The molecule has 0 aliphatic carbocycles. The van der Waals surface area contributed by atoms with Crippen molar-refractivity contribution < 1.29 is 14.2 Å². The number of hydrogen-bond donors (Lipinski definition) is 1. The molecule has 0 spiro atoms. The van der Waals surface area contributed by atoms with Crippen LogP contribution in [0.3, 0.4) is 0 Å². The van der Waals surface area contributed by atoms with Crippen LogP contribution < -0.4 is 19.5 Å². The average Bonchev–Trinajstić information content (AvgIpc) is 3.04. The van der Waals surface area contributed by atoms with Crippen molar-refractivity contribution in [1.82, 2.24) is 10.2 Å². The lowest BCUT2D eigenvalue weighted by Crippen LogP contribution is -2.46. The number of halogens is 1. The molecule has 1 N–H and O–H groups in total. The van der Waals surface area contributed by atoms with Crippen LogP contribution in [0.15, 0.2) is 23.2 Å². The van der Waals surface area contributed by atoms with Crippen LogP contribution in [0.4, 0.5) is 0 Å². The van der Waals surface area contributed by atoms with Gasteiger partial charge in [-0.05, 0) is 30.9 Å². The fourth-order valence-electron chi connectivity index (χ4n) is 2.85. The maximum atomic E-state index is 5.76. The zero-order valence-corrected chi connectivity index (χ0v) is 16.6. The summed E-state index contributed by atoms with van der Waals surface area (Å²) >= 11 is 0. The van der Waals surface area contributed by atoms with E-state index in [0.29, 0.717) is 13.2 Å². The van der Waals surface area contributed by atoms with E-state index in [0.717, 1.165) is 42.2 Å². The van der Waals surface area contributed by atoms with Gasteiger partial charge in [0.15, 0.2) is 17.5 Å². The third-order valence-corrected chi connectivity index (χ3v) is 4.29. The Hall–Kier alpha value is -1.38. The van der Waals surface area contributed by atoms with E-state index >= 15 is 0 Å². The molecule has 24 heavy (non-hydrogen) atoms. The van der Waals surface area contributed by atoms with Gasteiger partial charge in [-0.15, -0.1) is 24.0 Å². The van der Waals surface area contributed by atoms with Gasteiger partial charge in [0.05, 0.1) is 6.54 Å². The lowest BCUT2D eigenvalue weighted by molar-refractivity contribution is 0.173. The molecule has 1 saturated heterocycles. The van der Waals surface area contributed by atoms with Gasteiger partial charge in [-0.25, -0.2) is 0 Å². The molecule has 6 nitrogen and oxygen atoms in total. The summed E-state index contributed by atoms with van der Waals surface area (Å²) in [5.41, 5.74) is 0. The van der Waals surface area contributed by atoms with Crippen LogP contribution in [0.1, 0.15) is 19.8 Å². The highest BCUT2D eigenvalue weighted by atomic mass is 127. The fourth-order valence-corrected chi connectivity index (χ4v) is 2.85. The standard InChI is InChI=1S/C17H25N3O3.HI/c1-13-5-8-20(9-6-13)17(18-2)19-7-10-21-14-3-4-15-16(11-14)23-12-22-15;/h3-4,11,13H,5-10,12H2,1-2H3,(H,18,19);1H. The Kier molecular flexibility index (Phi) is 7.26. The highest BCUT2D eigenvalue weighted by Crippen LogP contribution is 2.34. The maximum absolute atomic E-state index is 5.76. The highest BCUT2D eigenvalue weighted by molar-refractivity contribution is 14.0. The van der Waals surface area contributed by atoms with Crippen LogP contribution in [-0.4, -0.2) is 50.9 Å². The molecule has 3 rings (SSSR count). The number of piperidine rings is 1. The first-order valence-corrected chi connectivity index (χ1v) is 8.24. The highest BCUT2D eigenvalue weighted by Gasteiger charge is 2.18. The molecule has 0 unspecified atom stereocenters. The Balaban J connectivity index is 0.00000208. The van der Waals surface area contributed by atoms with Crippen molar-refractivity contribution in [2.45, 2.75) is 19.8 Å². The molecule has 2 aliphatic rings. The second-order valence-corrected chi connectivity index (χ2v) is 6.01. The summed E-state index contributed by atoms with van der Waals surface area (Å²) in [6.45, 7) is 6.03. The number of benzene rings is 1. The molecular weight excluding hydrogens is 421 g/mol. The summed E-state index contributed by atoms with van der Waals surface area (Å²) in [6, 6.07) is 5.64. The molecule has 0 aromatic heterocycles. The van der Waals surface area contributed by atoms with Gasteiger partial charge < -0.3 is 24.4 Å². The number of nitrogens with one attached hydrogen (secondary N) is 1. The van der Waals surface area contributed by atoms with Crippen molar-refractivity contribution >= 4 is 29.9 Å². The number of ether oxygens (including phenoxy) is 3. The monoisotopic (exact) mass is 447 g/mol. The first-order valence-electron chi connectivity index (χ1n) is 8.24. The van der Waals surface area contributed by atoms with Crippen LogP contribution >= 0.6 is 24.0 Å². The van der Waals surface area contributed by atoms with Crippen LogP contribution in [0.5, 0.6) is 17.2 Å². The third-order valence-electron chi connectivity index (χ3n) is 4.29. The van der Waals surface area contributed by atoms with Crippen LogP contribution in [0.2, 0.25) is 0 Å². The quantitative estimate of drug-likeness (QED) is 0.333. The van der Waals surface area contributed by atoms with Crippen molar-refractivity contribution in [3.05, 3.63) is 18.2 Å². The second kappa shape index (κ2) is 9.19. The van der Waals surface area contributed by atoms with Crippen molar-refractivity contribution in [2.24, 2.45) is 10.9 Å². The minimum atomic E-state index is 0. The normalized spacial score (nSPS) is 17.4. The van der Waals surface area contributed by atoms with E-state index in [1.165, 1.54) is 12.8 Å². The number of guanidine groups is 1. The van der Waals surface area contributed by atoms with Crippen molar-refractivity contribution in [3.63, 3.8) is 0 Å². The molecule has 7 heteroatoms. The van der Waals surface area contributed by atoms with Gasteiger partial charge in [0.25, 0.3) is 0 Å². The zero-order valence-electron chi connectivity index (χ0n) is 14.3. The molecule has 1 aromatic carbocycles. The summed E-state index contributed by atoms with van der Waals surface area (Å²) < 4.78 is 16.4. The second-order valence-electron chi connectivity index (χ2n) is 6.01. The van der Waals surface area contributed by atoms with Gasteiger partial charge in [-0.1, -0.05) is 6.92 Å². The van der Waals surface area contributed by atoms with Crippen LogP contribution in [0.25, 0.3) is 0 Å². The third kappa shape index (κ3) is 4.81. The summed E-state index contributed by atoms with van der Waals surface area (Å²) in [5, 5.41) is 3.37. The van der Waals surface area contributed by atoms with E-state index in [-0.39, 0.29) is 30.8 Å². The maximum Gasteiger partial charge on any atom is 0.231 e. The van der Waals surface area contributed by atoms with Gasteiger partial charge in [0.1, 0.15) is 12.4 Å². The topological polar surface area (TPSA) is 55.3 Å². The van der Waals surface area contributed by atoms with Crippen molar-refractivity contribution in [3.8, 4) is 17.2 Å². The molecule has 1 aromatic rings. The number of hydrogen-bond acceptors (Lipinski definition) is 4. The van der Waals surface area contributed by atoms with E-state index in [2.05, 4.69) is 22.1 Å². The summed E-state index contributed by atoms with van der Waals surface area (Å²) in [4.78, 5) is 6.69. The van der Waals surface area contributed by atoms with Gasteiger partial charge >= 0.3 is 0 Å². The smallest absolute Gasteiger partial charge is 0.231 e. The Bertz CT molecular complexity index is 560. The predicted octanol–water partition coefficient (Wildman–Crippen LogP) is 2.72. The molecule has 0 bridgehead atoms. The first-order chi connectivity index (χ1) is 11.3. The largest absolute Gasteiger partial charge is 0.492 e. The minimum Gasteiger partial charge on any atom is -0.492 e. The minimum absolute atomic E-state index is 0. The number of nitrogens with zero attached hydrogens (tertiary/aromatic N) is 2. The van der Waals surface area contributed by atoms with E-state index in [1.54, 1.807) is 0 Å². The molecular formula is C17H26IN3O3. The Morgan fingerprint density at radius 3 is 2.79 bits per heavy atom. The predicted molar refractivity (Wildman–Crippen MR) is 105 cm³/mol. The first kappa shape index (κ1) is 19.0. The molecule has 1 fully saturated rings. The molecule has 134 valence electrons. The lowest BCUT2D eigenvalue weighted by atomic mass is 10.00. The molecule has 0 amide bonds. The number of fused-ring (bicyclic) bond motifs is 1.